The van der Waals surface area contributed by atoms with Crippen molar-refractivity contribution in [2.45, 2.75) is 59.9 Å². The van der Waals surface area contributed by atoms with Gasteiger partial charge in [-0.3, -0.25) is 0 Å². The van der Waals surface area contributed by atoms with Crippen LogP contribution in [0.3, 0.4) is 0 Å². The molecule has 130 valence electrons. The lowest BCUT2D eigenvalue weighted by atomic mass is 9.94. The molecule has 2 amide bonds. The van der Waals surface area contributed by atoms with Gasteiger partial charge in [0, 0.05) is 51.0 Å². The van der Waals surface area contributed by atoms with E-state index in [1.54, 1.807) is 0 Å². The maximum atomic E-state index is 12.6. The molecule has 5 nitrogen and oxygen atoms in total. The molecule has 1 aliphatic heterocycles. The smallest absolute Gasteiger partial charge is 0.319 e. The van der Waals surface area contributed by atoms with Crippen molar-refractivity contribution in [2.24, 2.45) is 5.92 Å². The first kappa shape index (κ1) is 17.8. The Kier molecular flexibility index (Phi) is 6.48. The molecule has 23 heavy (non-hydrogen) atoms. The minimum absolute atomic E-state index is 0.202. The molecule has 0 radical (unpaired) electrons. The molecule has 0 spiro atoms. The van der Waals surface area contributed by atoms with E-state index < -0.39 is 0 Å². The van der Waals surface area contributed by atoms with Crippen LogP contribution in [-0.4, -0.2) is 51.6 Å². The molecular weight excluding hydrogens is 288 g/mol. The zero-order valence-corrected chi connectivity index (χ0v) is 15.2. The number of nitrogens with zero attached hydrogens (tertiary/aromatic N) is 4. The van der Waals surface area contributed by atoms with Crippen molar-refractivity contribution in [3.63, 3.8) is 0 Å². The van der Waals surface area contributed by atoms with Gasteiger partial charge >= 0.3 is 6.03 Å². The molecule has 1 atom stereocenters. The number of urea groups is 1. The van der Waals surface area contributed by atoms with Crippen LogP contribution in [0, 0.1) is 12.8 Å². The molecule has 1 aromatic rings. The standard InChI is InChI=1S/C18H32N4O/c1-5-10-22-15(4)13-19-17(22)12-16-9-8-11-21(14-16)18(23)20(6-2)7-3/h13,16H,5-12,14H2,1-4H3. The maximum Gasteiger partial charge on any atom is 0.319 e. The summed E-state index contributed by atoms with van der Waals surface area (Å²) in [5.74, 6) is 1.71. The molecule has 0 N–H and O–H groups in total. The fourth-order valence-corrected chi connectivity index (χ4v) is 3.56. The molecule has 0 aromatic carbocycles. The number of aromatic nitrogens is 2. The summed E-state index contributed by atoms with van der Waals surface area (Å²) in [4.78, 5) is 21.1. The number of imidazole rings is 1. The number of hydrogen-bond donors (Lipinski definition) is 0. The van der Waals surface area contributed by atoms with Gasteiger partial charge in [-0.15, -0.1) is 0 Å². The summed E-state index contributed by atoms with van der Waals surface area (Å²) >= 11 is 0. The van der Waals surface area contributed by atoms with Gasteiger partial charge in [0.2, 0.25) is 0 Å². The van der Waals surface area contributed by atoms with Crippen molar-refractivity contribution >= 4 is 6.03 Å². The first-order chi connectivity index (χ1) is 11.1. The Morgan fingerprint density at radius 3 is 2.74 bits per heavy atom. The van der Waals surface area contributed by atoms with E-state index in [1.807, 2.05) is 29.8 Å². The fraction of sp³-hybridized carbons (Fsp3) is 0.778. The molecule has 2 heterocycles. The van der Waals surface area contributed by atoms with Crippen LogP contribution in [0.5, 0.6) is 0 Å². The van der Waals surface area contributed by atoms with Crippen LogP contribution in [0.1, 0.15) is 51.6 Å². The van der Waals surface area contributed by atoms with E-state index in [0.29, 0.717) is 5.92 Å². The molecule has 0 bridgehead atoms. The predicted molar refractivity (Wildman–Crippen MR) is 93.6 cm³/mol. The molecule has 1 aromatic heterocycles. The molecule has 0 aliphatic carbocycles. The Morgan fingerprint density at radius 1 is 1.35 bits per heavy atom. The quantitative estimate of drug-likeness (QED) is 0.807. The third-order valence-corrected chi connectivity index (χ3v) is 4.88. The van der Waals surface area contributed by atoms with Gasteiger partial charge in [0.15, 0.2) is 0 Å². The third-order valence-electron chi connectivity index (χ3n) is 4.88. The van der Waals surface area contributed by atoms with Crippen LogP contribution in [-0.2, 0) is 13.0 Å². The van der Waals surface area contributed by atoms with Crippen LogP contribution in [0.25, 0.3) is 0 Å². The Bertz CT molecular complexity index is 507. The number of amides is 2. The molecule has 2 rings (SSSR count). The fourth-order valence-electron chi connectivity index (χ4n) is 3.56. The molecule has 1 saturated heterocycles. The van der Waals surface area contributed by atoms with Gasteiger partial charge in [-0.2, -0.15) is 0 Å². The number of piperidine rings is 1. The summed E-state index contributed by atoms with van der Waals surface area (Å²) < 4.78 is 2.34. The minimum atomic E-state index is 0.202. The number of rotatable bonds is 6. The van der Waals surface area contributed by atoms with E-state index in [1.165, 1.54) is 17.9 Å². The van der Waals surface area contributed by atoms with E-state index in [4.69, 9.17) is 0 Å². The summed E-state index contributed by atoms with van der Waals surface area (Å²) in [7, 11) is 0. The molecule has 5 heteroatoms. The minimum Gasteiger partial charge on any atom is -0.332 e. The lowest BCUT2D eigenvalue weighted by Crippen LogP contribution is -2.47. The summed E-state index contributed by atoms with van der Waals surface area (Å²) in [6, 6.07) is 0.202. The van der Waals surface area contributed by atoms with Crippen LogP contribution in [0.4, 0.5) is 4.79 Å². The number of hydrogen-bond acceptors (Lipinski definition) is 2. The number of aryl methyl sites for hydroxylation is 1. The van der Waals surface area contributed by atoms with Crippen molar-refractivity contribution in [3.8, 4) is 0 Å². The Labute approximate surface area is 140 Å². The lowest BCUT2D eigenvalue weighted by molar-refractivity contribution is 0.131. The second kappa shape index (κ2) is 8.37. The Balaban J connectivity index is 2.00. The largest absolute Gasteiger partial charge is 0.332 e. The Hall–Kier alpha value is -1.52. The molecule has 1 fully saturated rings. The van der Waals surface area contributed by atoms with Gasteiger partial charge in [0.25, 0.3) is 0 Å². The van der Waals surface area contributed by atoms with Crippen molar-refractivity contribution in [3.05, 3.63) is 17.7 Å². The van der Waals surface area contributed by atoms with Gasteiger partial charge < -0.3 is 14.4 Å². The predicted octanol–water partition coefficient (Wildman–Crippen LogP) is 3.32. The summed E-state index contributed by atoms with van der Waals surface area (Å²) in [5.41, 5.74) is 1.24. The van der Waals surface area contributed by atoms with Crippen molar-refractivity contribution in [1.29, 1.82) is 0 Å². The van der Waals surface area contributed by atoms with Gasteiger partial charge in [-0.25, -0.2) is 9.78 Å². The van der Waals surface area contributed by atoms with Crippen LogP contribution < -0.4 is 0 Å². The van der Waals surface area contributed by atoms with E-state index in [2.05, 4.69) is 23.4 Å². The van der Waals surface area contributed by atoms with E-state index in [0.717, 1.165) is 52.0 Å². The van der Waals surface area contributed by atoms with Gasteiger partial charge in [-0.05, 0) is 46.0 Å². The average molecular weight is 320 g/mol. The van der Waals surface area contributed by atoms with E-state index >= 15 is 0 Å². The highest BCUT2D eigenvalue weighted by molar-refractivity contribution is 5.74. The van der Waals surface area contributed by atoms with Crippen molar-refractivity contribution in [1.82, 2.24) is 19.4 Å². The Morgan fingerprint density at radius 2 is 2.09 bits per heavy atom. The zero-order chi connectivity index (χ0) is 16.8. The van der Waals surface area contributed by atoms with Crippen molar-refractivity contribution < 1.29 is 4.79 Å². The normalized spacial score (nSPS) is 18.3. The summed E-state index contributed by atoms with van der Waals surface area (Å²) in [5, 5.41) is 0. The molecule has 1 unspecified atom stereocenters. The first-order valence-corrected chi connectivity index (χ1v) is 9.15. The maximum absolute atomic E-state index is 12.6. The van der Waals surface area contributed by atoms with Gasteiger partial charge in [-0.1, -0.05) is 6.92 Å². The highest BCUT2D eigenvalue weighted by Crippen LogP contribution is 2.22. The molecule has 1 aliphatic rings. The van der Waals surface area contributed by atoms with E-state index in [-0.39, 0.29) is 6.03 Å². The van der Waals surface area contributed by atoms with Crippen LogP contribution in [0.15, 0.2) is 6.20 Å². The average Bonchev–Trinajstić information content (AvgIpc) is 2.90. The summed E-state index contributed by atoms with van der Waals surface area (Å²) in [6.07, 6.45) is 6.38. The summed E-state index contributed by atoms with van der Waals surface area (Å²) in [6.45, 7) is 12.8. The monoisotopic (exact) mass is 320 g/mol. The van der Waals surface area contributed by atoms with Crippen LogP contribution >= 0.6 is 0 Å². The lowest BCUT2D eigenvalue weighted by Gasteiger charge is -2.36. The van der Waals surface area contributed by atoms with E-state index in [9.17, 15) is 4.79 Å². The molecule has 0 saturated carbocycles. The highest BCUT2D eigenvalue weighted by atomic mass is 16.2. The second-order valence-corrected chi connectivity index (χ2v) is 6.58. The van der Waals surface area contributed by atoms with Crippen LogP contribution in [0.2, 0.25) is 0 Å². The number of likely N-dealkylation sites (tertiary alicyclic amines) is 1. The molecular formula is C18H32N4O. The third kappa shape index (κ3) is 4.27. The zero-order valence-electron chi connectivity index (χ0n) is 15.2. The highest BCUT2D eigenvalue weighted by Gasteiger charge is 2.27. The van der Waals surface area contributed by atoms with Gasteiger partial charge in [0.05, 0.1) is 0 Å². The SMILES string of the molecule is CCCn1c(C)cnc1CC1CCCN(C(=O)N(CC)CC)C1. The number of carbonyl (C=O) groups is 1. The number of carbonyl (C=O) groups excluding carboxylic acids is 1. The van der Waals surface area contributed by atoms with Gasteiger partial charge in [0.1, 0.15) is 5.82 Å². The van der Waals surface area contributed by atoms with Crippen molar-refractivity contribution in [2.75, 3.05) is 26.2 Å². The topological polar surface area (TPSA) is 41.4 Å². The first-order valence-electron chi connectivity index (χ1n) is 9.15. The second-order valence-electron chi connectivity index (χ2n) is 6.58.